The van der Waals surface area contributed by atoms with Gasteiger partial charge in [0, 0.05) is 0 Å². The van der Waals surface area contributed by atoms with E-state index in [1.54, 1.807) is 0 Å². The molecule has 1 heterocycles. The number of aromatic nitrogens is 3. The maximum atomic E-state index is 12.6. The molecule has 0 spiro atoms. The van der Waals surface area contributed by atoms with Crippen LogP contribution in [0.5, 0.6) is 0 Å². The van der Waals surface area contributed by atoms with Crippen molar-refractivity contribution in [2.45, 2.75) is 6.04 Å². The Kier molecular flexibility index (Phi) is 4.07. The molecule has 3 N–H and O–H groups in total. The highest BCUT2D eigenvalue weighted by Crippen LogP contribution is 2.29. The number of aromatic amines is 2. The lowest BCUT2D eigenvalue weighted by atomic mass is 9.93. The van der Waals surface area contributed by atoms with Gasteiger partial charge in [0.05, 0.1) is 6.04 Å². The summed E-state index contributed by atoms with van der Waals surface area (Å²) in [4.78, 5) is 26.2. The predicted molar refractivity (Wildman–Crippen MR) is 98.9 cm³/mol. The van der Waals surface area contributed by atoms with E-state index in [0.29, 0.717) is 0 Å². The van der Waals surface area contributed by atoms with Crippen LogP contribution in [-0.2, 0) is 0 Å². The monoisotopic (exact) mass is 344 g/mol. The van der Waals surface area contributed by atoms with E-state index < -0.39 is 11.6 Å². The third-order valence-corrected chi connectivity index (χ3v) is 4.26. The van der Waals surface area contributed by atoms with Gasteiger partial charge in [-0.2, -0.15) is 0 Å². The summed E-state index contributed by atoms with van der Waals surface area (Å²) in [6.45, 7) is 0. The minimum Gasteiger partial charge on any atom is -0.338 e. The molecule has 128 valence electrons. The van der Waals surface area contributed by atoms with Crippen LogP contribution in [0, 0.1) is 0 Å². The van der Waals surface area contributed by atoms with E-state index >= 15 is 0 Å². The van der Waals surface area contributed by atoms with Gasteiger partial charge in [0.15, 0.2) is 0 Å². The molecule has 0 saturated heterocycles. The Balaban J connectivity index is 1.81. The average Bonchev–Trinajstić information content (AvgIpc) is 3.13. The molecule has 26 heavy (non-hydrogen) atoms. The Labute approximate surface area is 148 Å². The number of carbonyl (C=O) groups excluding carboxylic acids is 1. The molecule has 4 rings (SSSR count). The molecule has 3 aromatic carbocycles. The molecule has 1 aromatic heterocycles. The molecule has 0 radical (unpaired) electrons. The smallest absolute Gasteiger partial charge is 0.338 e. The molecule has 6 nitrogen and oxygen atoms in total. The summed E-state index contributed by atoms with van der Waals surface area (Å²) in [7, 11) is 0. The van der Waals surface area contributed by atoms with Gasteiger partial charge in [-0.3, -0.25) is 9.78 Å². The van der Waals surface area contributed by atoms with Crippen LogP contribution in [0.2, 0.25) is 0 Å². The summed E-state index contributed by atoms with van der Waals surface area (Å²) >= 11 is 0. The van der Waals surface area contributed by atoms with E-state index in [1.165, 1.54) is 0 Å². The van der Waals surface area contributed by atoms with Crippen LogP contribution in [0.3, 0.4) is 0 Å². The van der Waals surface area contributed by atoms with Crippen molar-refractivity contribution in [3.8, 4) is 0 Å². The highest BCUT2D eigenvalue weighted by atomic mass is 16.2. The van der Waals surface area contributed by atoms with Gasteiger partial charge in [-0.05, 0) is 21.9 Å². The number of nitrogens with one attached hydrogen (secondary N) is 3. The zero-order valence-electron chi connectivity index (χ0n) is 13.8. The minimum absolute atomic E-state index is 0.0452. The summed E-state index contributed by atoms with van der Waals surface area (Å²) in [5.41, 5.74) is 1.40. The van der Waals surface area contributed by atoms with Gasteiger partial charge in [0.2, 0.25) is 5.82 Å². The number of carbonyl (C=O) groups is 1. The van der Waals surface area contributed by atoms with Crippen LogP contribution in [-0.4, -0.2) is 21.1 Å². The number of hydrogen-bond acceptors (Lipinski definition) is 3. The Morgan fingerprint density at radius 2 is 1.65 bits per heavy atom. The summed E-state index contributed by atoms with van der Waals surface area (Å²) < 4.78 is 0. The number of rotatable bonds is 4. The standard InChI is InChI=1S/C20H16N4O2/c25-19(18-22-20(26)24-23-18)21-17(14-8-2-1-3-9-14)16-12-6-10-13-7-4-5-11-15(13)16/h1-12,17H,(H,21,25)(H2,22,23,24,26)/t17-/m1/s1. The number of benzene rings is 3. The Morgan fingerprint density at radius 3 is 2.42 bits per heavy atom. The number of hydrogen-bond donors (Lipinski definition) is 3. The third kappa shape index (κ3) is 3.00. The fourth-order valence-electron chi connectivity index (χ4n) is 3.07. The lowest BCUT2D eigenvalue weighted by Crippen LogP contribution is -2.30. The first-order valence-electron chi connectivity index (χ1n) is 8.20. The molecule has 0 saturated carbocycles. The van der Waals surface area contributed by atoms with E-state index in [0.717, 1.165) is 21.9 Å². The molecule has 0 unspecified atom stereocenters. The second kappa shape index (κ2) is 6.68. The maximum Gasteiger partial charge on any atom is 0.341 e. The molecular weight excluding hydrogens is 328 g/mol. The van der Waals surface area contributed by atoms with E-state index in [2.05, 4.69) is 20.5 Å². The minimum atomic E-state index is -0.517. The van der Waals surface area contributed by atoms with Crippen molar-refractivity contribution < 1.29 is 4.79 Å². The first kappa shape index (κ1) is 15.8. The first-order valence-corrected chi connectivity index (χ1v) is 8.20. The zero-order chi connectivity index (χ0) is 17.9. The van der Waals surface area contributed by atoms with Crippen LogP contribution < -0.4 is 11.0 Å². The molecule has 4 aromatic rings. The SMILES string of the molecule is O=C(N[C@H](c1ccccc1)c1cccc2ccccc12)c1n[nH]c(=O)[nH]1. The largest absolute Gasteiger partial charge is 0.341 e. The Bertz CT molecular complexity index is 1110. The molecule has 0 aliphatic rings. The van der Waals surface area contributed by atoms with Crippen molar-refractivity contribution in [1.82, 2.24) is 20.5 Å². The predicted octanol–water partition coefficient (Wildman–Crippen LogP) is 2.77. The highest BCUT2D eigenvalue weighted by Gasteiger charge is 2.21. The van der Waals surface area contributed by atoms with Gasteiger partial charge in [0.25, 0.3) is 5.91 Å². The normalized spacial score (nSPS) is 12.0. The highest BCUT2D eigenvalue weighted by molar-refractivity contribution is 5.92. The summed E-state index contributed by atoms with van der Waals surface area (Å²) in [5.74, 6) is -0.499. The Morgan fingerprint density at radius 1 is 0.923 bits per heavy atom. The number of H-pyrrole nitrogens is 2. The van der Waals surface area contributed by atoms with Crippen LogP contribution in [0.4, 0.5) is 0 Å². The van der Waals surface area contributed by atoms with Crippen molar-refractivity contribution in [3.63, 3.8) is 0 Å². The molecule has 0 aliphatic heterocycles. The van der Waals surface area contributed by atoms with E-state index in [1.807, 2.05) is 72.8 Å². The number of nitrogens with zero attached hydrogens (tertiary/aromatic N) is 1. The van der Waals surface area contributed by atoms with Crippen LogP contribution in [0.1, 0.15) is 27.8 Å². The van der Waals surface area contributed by atoms with E-state index in [9.17, 15) is 9.59 Å². The maximum absolute atomic E-state index is 12.6. The summed E-state index contributed by atoms with van der Waals surface area (Å²) in [6.07, 6.45) is 0. The van der Waals surface area contributed by atoms with Gasteiger partial charge in [0.1, 0.15) is 0 Å². The molecule has 0 bridgehead atoms. The van der Waals surface area contributed by atoms with Gasteiger partial charge < -0.3 is 5.32 Å². The van der Waals surface area contributed by atoms with E-state index in [-0.39, 0.29) is 11.9 Å². The van der Waals surface area contributed by atoms with Crippen molar-refractivity contribution in [1.29, 1.82) is 0 Å². The van der Waals surface area contributed by atoms with Crippen LogP contribution in [0.25, 0.3) is 10.8 Å². The summed E-state index contributed by atoms with van der Waals surface area (Å²) in [6, 6.07) is 23.3. The van der Waals surface area contributed by atoms with Crippen molar-refractivity contribution in [3.05, 3.63) is 100 Å². The Hall–Kier alpha value is -3.67. The van der Waals surface area contributed by atoms with Crippen molar-refractivity contribution in [2.24, 2.45) is 0 Å². The molecule has 0 aliphatic carbocycles. The molecule has 6 heteroatoms. The fraction of sp³-hybridized carbons (Fsp3) is 0.0500. The topological polar surface area (TPSA) is 90.6 Å². The molecule has 1 atom stereocenters. The third-order valence-electron chi connectivity index (χ3n) is 4.26. The van der Waals surface area contributed by atoms with Crippen molar-refractivity contribution in [2.75, 3.05) is 0 Å². The molecule has 0 fully saturated rings. The second-order valence-electron chi connectivity index (χ2n) is 5.91. The molecular formula is C20H16N4O2. The fourth-order valence-corrected chi connectivity index (χ4v) is 3.07. The van der Waals surface area contributed by atoms with E-state index in [4.69, 9.17) is 0 Å². The first-order chi connectivity index (χ1) is 12.7. The van der Waals surface area contributed by atoms with Gasteiger partial charge >= 0.3 is 5.69 Å². The quantitative estimate of drug-likeness (QED) is 0.532. The zero-order valence-corrected chi connectivity index (χ0v) is 13.8. The van der Waals surface area contributed by atoms with Gasteiger partial charge in [-0.1, -0.05) is 72.8 Å². The van der Waals surface area contributed by atoms with Gasteiger partial charge in [-0.25, -0.2) is 9.89 Å². The van der Waals surface area contributed by atoms with Gasteiger partial charge in [-0.15, -0.1) is 5.10 Å². The van der Waals surface area contributed by atoms with Crippen LogP contribution in [0.15, 0.2) is 77.6 Å². The van der Waals surface area contributed by atoms with Crippen molar-refractivity contribution >= 4 is 16.7 Å². The second-order valence-corrected chi connectivity index (χ2v) is 5.91. The lowest BCUT2D eigenvalue weighted by molar-refractivity contribution is 0.0933. The lowest BCUT2D eigenvalue weighted by Gasteiger charge is -2.21. The summed E-state index contributed by atoms with van der Waals surface area (Å²) in [5, 5.41) is 11.0. The average molecular weight is 344 g/mol. The number of amides is 1. The van der Waals surface area contributed by atoms with Crippen LogP contribution >= 0.6 is 0 Å². The molecule has 1 amide bonds. The number of fused-ring (bicyclic) bond motifs is 1.